The average Bonchev–Trinajstić information content (AvgIpc) is 3.15. The Morgan fingerprint density at radius 2 is 1.55 bits per heavy atom. The number of carbonyl (C=O) groups is 1. The first-order chi connectivity index (χ1) is 15.0. The number of thiazole rings is 1. The molecule has 2 bridgehead atoms. The molecule has 0 spiro atoms. The maximum Gasteiger partial charge on any atom is 0.233 e. The fraction of sp³-hybridized carbons (Fsp3) is 0.259. The van der Waals surface area contributed by atoms with E-state index in [4.69, 9.17) is 4.98 Å². The Balaban J connectivity index is 1.41. The molecule has 1 amide bonds. The predicted molar refractivity (Wildman–Crippen MR) is 127 cm³/mol. The lowest BCUT2D eigenvalue weighted by molar-refractivity contribution is -0.126. The van der Waals surface area contributed by atoms with Crippen LogP contribution in [0.4, 0.5) is 5.13 Å². The van der Waals surface area contributed by atoms with Crippen molar-refractivity contribution in [1.29, 1.82) is 0 Å². The Labute approximate surface area is 186 Å². The zero-order valence-electron chi connectivity index (χ0n) is 17.9. The number of hydrogen-bond donors (Lipinski definition) is 1. The van der Waals surface area contributed by atoms with Gasteiger partial charge in [0.05, 0.1) is 15.6 Å². The van der Waals surface area contributed by atoms with Crippen LogP contribution < -0.4 is 5.32 Å². The van der Waals surface area contributed by atoms with Crippen LogP contribution in [-0.4, -0.2) is 10.9 Å². The van der Waals surface area contributed by atoms with Crippen molar-refractivity contribution in [1.82, 2.24) is 4.98 Å². The number of rotatable bonds is 2. The number of benzene rings is 3. The second-order valence-corrected chi connectivity index (χ2v) is 10.3. The zero-order chi connectivity index (χ0) is 21.3. The zero-order valence-corrected chi connectivity index (χ0v) is 18.7. The quantitative estimate of drug-likeness (QED) is 0.397. The summed E-state index contributed by atoms with van der Waals surface area (Å²) in [5.41, 5.74) is 8.26. The van der Waals surface area contributed by atoms with E-state index in [0.29, 0.717) is 5.13 Å². The topological polar surface area (TPSA) is 42.0 Å². The molecule has 0 radical (unpaired) electrons. The minimum atomic E-state index is -0.517. The smallest absolute Gasteiger partial charge is 0.233 e. The van der Waals surface area contributed by atoms with Gasteiger partial charge in [0, 0.05) is 11.8 Å². The van der Waals surface area contributed by atoms with Gasteiger partial charge in [-0.25, -0.2) is 4.98 Å². The number of aryl methyl sites for hydroxylation is 2. The number of nitrogens with zero attached hydrogens (tertiary/aromatic N) is 1. The highest BCUT2D eigenvalue weighted by Gasteiger charge is 2.53. The van der Waals surface area contributed by atoms with Gasteiger partial charge in [-0.15, -0.1) is 0 Å². The van der Waals surface area contributed by atoms with E-state index < -0.39 is 5.41 Å². The van der Waals surface area contributed by atoms with Gasteiger partial charge in [0.25, 0.3) is 0 Å². The average molecular weight is 425 g/mol. The minimum absolute atomic E-state index is 0.0590. The number of fused-ring (bicyclic) bond motifs is 2. The van der Waals surface area contributed by atoms with E-state index in [1.165, 1.54) is 33.4 Å². The summed E-state index contributed by atoms with van der Waals surface area (Å²) in [6, 6.07) is 21.6. The second kappa shape index (κ2) is 6.51. The molecule has 0 unspecified atom stereocenters. The van der Waals surface area contributed by atoms with Crippen molar-refractivity contribution >= 4 is 32.6 Å². The van der Waals surface area contributed by atoms with Crippen LogP contribution in [0.2, 0.25) is 0 Å². The minimum Gasteiger partial charge on any atom is -0.301 e. The number of anilines is 1. The van der Waals surface area contributed by atoms with Gasteiger partial charge < -0.3 is 5.32 Å². The lowest BCUT2D eigenvalue weighted by Crippen LogP contribution is -2.47. The Morgan fingerprint density at radius 3 is 2.19 bits per heavy atom. The third-order valence-corrected chi connectivity index (χ3v) is 8.31. The third kappa shape index (κ3) is 2.64. The summed E-state index contributed by atoms with van der Waals surface area (Å²) in [4.78, 5) is 18.5. The van der Waals surface area contributed by atoms with Crippen molar-refractivity contribution in [3.05, 3.63) is 94.0 Å². The molecule has 1 atom stereocenters. The number of hydrogen-bond acceptors (Lipinski definition) is 3. The van der Waals surface area contributed by atoms with Crippen LogP contribution in [0.5, 0.6) is 0 Å². The summed E-state index contributed by atoms with van der Waals surface area (Å²) in [6.45, 7) is 6.34. The normalized spacial score (nSPS) is 23.5. The molecular weight excluding hydrogens is 400 g/mol. The summed E-state index contributed by atoms with van der Waals surface area (Å²) in [7, 11) is 0. The Hall–Kier alpha value is -2.98. The van der Waals surface area contributed by atoms with E-state index in [0.717, 1.165) is 16.6 Å². The Bertz CT molecular complexity index is 1280. The molecule has 31 heavy (non-hydrogen) atoms. The van der Waals surface area contributed by atoms with Gasteiger partial charge >= 0.3 is 0 Å². The van der Waals surface area contributed by atoms with Gasteiger partial charge in [-0.1, -0.05) is 59.9 Å². The molecule has 1 N–H and O–H groups in total. The molecule has 0 saturated carbocycles. The van der Waals surface area contributed by atoms with Crippen molar-refractivity contribution in [2.24, 2.45) is 5.41 Å². The second-order valence-electron chi connectivity index (χ2n) is 9.24. The first-order valence-electron chi connectivity index (χ1n) is 10.8. The first kappa shape index (κ1) is 18.8. The van der Waals surface area contributed by atoms with E-state index in [9.17, 15) is 4.79 Å². The SMILES string of the molecule is Cc1cc2nc(NC(=O)[C@@]3(C)CC4c5ccccc5C3c3ccccc34)sc2cc1C. The summed E-state index contributed by atoms with van der Waals surface area (Å²) in [5, 5.41) is 3.88. The van der Waals surface area contributed by atoms with E-state index in [1.54, 1.807) is 11.3 Å². The highest BCUT2D eigenvalue weighted by atomic mass is 32.1. The summed E-state index contributed by atoms with van der Waals surface area (Å²) >= 11 is 1.56. The predicted octanol–water partition coefficient (Wildman–Crippen LogP) is 6.54. The highest BCUT2D eigenvalue weighted by molar-refractivity contribution is 7.22. The van der Waals surface area contributed by atoms with Gasteiger partial charge in [-0.05, 0) is 72.7 Å². The summed E-state index contributed by atoms with van der Waals surface area (Å²) < 4.78 is 1.12. The van der Waals surface area contributed by atoms with Crippen molar-refractivity contribution in [3.8, 4) is 0 Å². The number of nitrogens with one attached hydrogen (secondary N) is 1. The largest absolute Gasteiger partial charge is 0.301 e. The molecular formula is C27H24N2OS. The molecule has 7 rings (SSSR count). The van der Waals surface area contributed by atoms with Gasteiger partial charge in [-0.2, -0.15) is 0 Å². The molecule has 4 aromatic rings. The van der Waals surface area contributed by atoms with Crippen molar-refractivity contribution in [2.75, 3.05) is 5.32 Å². The fourth-order valence-electron chi connectivity index (χ4n) is 5.66. The lowest BCUT2D eigenvalue weighted by atomic mass is 9.52. The third-order valence-electron chi connectivity index (χ3n) is 7.37. The Morgan fingerprint density at radius 1 is 0.968 bits per heavy atom. The van der Waals surface area contributed by atoms with Crippen LogP contribution in [0.25, 0.3) is 10.2 Å². The van der Waals surface area contributed by atoms with Crippen LogP contribution in [-0.2, 0) is 4.79 Å². The van der Waals surface area contributed by atoms with E-state index in [-0.39, 0.29) is 17.7 Å². The van der Waals surface area contributed by atoms with Gasteiger partial charge in [-0.3, -0.25) is 4.79 Å². The van der Waals surface area contributed by atoms with E-state index >= 15 is 0 Å². The summed E-state index contributed by atoms with van der Waals surface area (Å²) in [6.07, 6.45) is 0.820. The number of aromatic nitrogens is 1. The maximum atomic E-state index is 13.8. The van der Waals surface area contributed by atoms with Crippen LogP contribution in [0, 0.1) is 19.3 Å². The molecule has 0 fully saturated rings. The monoisotopic (exact) mass is 424 g/mol. The summed E-state index contributed by atoms with van der Waals surface area (Å²) in [5.74, 6) is 0.386. The van der Waals surface area contributed by atoms with Crippen LogP contribution in [0.15, 0.2) is 60.7 Å². The van der Waals surface area contributed by atoms with Crippen molar-refractivity contribution < 1.29 is 4.79 Å². The molecule has 4 heteroatoms. The molecule has 0 aliphatic heterocycles. The molecule has 0 saturated heterocycles. The number of amides is 1. The van der Waals surface area contributed by atoms with Gasteiger partial charge in [0.1, 0.15) is 0 Å². The van der Waals surface area contributed by atoms with Crippen LogP contribution >= 0.6 is 11.3 Å². The Kier molecular flexibility index (Phi) is 3.94. The fourth-order valence-corrected chi connectivity index (χ4v) is 6.60. The van der Waals surface area contributed by atoms with Crippen LogP contribution in [0.3, 0.4) is 0 Å². The molecule has 3 aliphatic rings. The maximum absolute atomic E-state index is 13.8. The van der Waals surface area contributed by atoms with Gasteiger partial charge in [0.2, 0.25) is 5.91 Å². The van der Waals surface area contributed by atoms with Crippen LogP contribution in [0.1, 0.15) is 58.6 Å². The molecule has 3 aliphatic carbocycles. The standard InChI is InChI=1S/C27H24N2OS/c1-15-12-22-23(13-16(15)2)31-26(28-22)29-25(30)27(3)14-21-17-8-4-6-10-19(17)24(27)20-11-7-5-9-18(20)21/h4-13,21,24H,14H2,1-3H3,(H,28,29,30)/t21?,24?,27-/m0/s1. The van der Waals surface area contributed by atoms with Gasteiger partial charge in [0.15, 0.2) is 5.13 Å². The molecule has 1 heterocycles. The van der Waals surface area contributed by atoms with E-state index in [2.05, 4.69) is 86.8 Å². The molecule has 3 nitrogen and oxygen atoms in total. The van der Waals surface area contributed by atoms with Crippen molar-refractivity contribution in [2.45, 2.75) is 39.0 Å². The number of carbonyl (C=O) groups excluding carboxylic acids is 1. The molecule has 1 aromatic heterocycles. The molecule has 154 valence electrons. The van der Waals surface area contributed by atoms with Crippen molar-refractivity contribution in [3.63, 3.8) is 0 Å². The first-order valence-corrected chi connectivity index (χ1v) is 11.6. The van der Waals surface area contributed by atoms with E-state index in [1.807, 2.05) is 0 Å². The highest BCUT2D eigenvalue weighted by Crippen LogP contribution is 2.61. The lowest BCUT2D eigenvalue weighted by Gasteiger charge is -2.50. The molecule has 3 aromatic carbocycles.